The van der Waals surface area contributed by atoms with Crippen LogP contribution >= 0.6 is 0 Å². The van der Waals surface area contributed by atoms with Gasteiger partial charge in [-0.05, 0) is 23.5 Å². The van der Waals surface area contributed by atoms with Crippen LogP contribution in [-0.4, -0.2) is 53.5 Å². The average molecular weight is 483 g/mol. The Morgan fingerprint density at radius 2 is 1.20 bits per heavy atom. The van der Waals surface area contributed by atoms with Crippen LogP contribution in [0.4, 0.5) is 0 Å². The second kappa shape index (κ2) is 13.9. The molecule has 9 heteroatoms. The number of carboxylic acids is 1. The Kier molecular flexibility index (Phi) is 10.9. The quantitative estimate of drug-likeness (QED) is 0.288. The van der Waals surface area contributed by atoms with Crippen LogP contribution in [0, 0.1) is 5.92 Å². The topological polar surface area (TPSA) is 151 Å². The van der Waals surface area contributed by atoms with Crippen molar-refractivity contribution in [3.63, 3.8) is 0 Å². The van der Waals surface area contributed by atoms with Crippen LogP contribution in [0.25, 0.3) is 0 Å². The van der Waals surface area contributed by atoms with Crippen LogP contribution in [0.15, 0.2) is 60.7 Å². The number of carbonyl (C=O) groups excluding carboxylic acids is 3. The van der Waals surface area contributed by atoms with Gasteiger partial charge < -0.3 is 26.8 Å². The van der Waals surface area contributed by atoms with E-state index in [1.807, 2.05) is 50.2 Å². The standard InChI is InChI=1S/C26H34N4O5/c1-17(2)13-20(28-23(31)16-27)24(32)29-21(14-18-9-5-3-6-10-18)25(33)30-22(26(34)35)15-19-11-7-4-8-12-19/h3-12,17,20-22H,13-16,27H2,1-2H3,(H,28,31)(H,29,32)(H,30,33)(H,34,35)/t20-,21-,22-/m0/s1. The molecule has 188 valence electrons. The van der Waals surface area contributed by atoms with E-state index < -0.39 is 41.8 Å². The van der Waals surface area contributed by atoms with Gasteiger partial charge in [0.25, 0.3) is 0 Å². The maximum Gasteiger partial charge on any atom is 0.326 e. The molecule has 35 heavy (non-hydrogen) atoms. The monoisotopic (exact) mass is 482 g/mol. The number of nitrogens with one attached hydrogen (secondary N) is 3. The highest BCUT2D eigenvalue weighted by atomic mass is 16.4. The molecule has 2 aromatic rings. The lowest BCUT2D eigenvalue weighted by Gasteiger charge is -2.25. The largest absolute Gasteiger partial charge is 0.480 e. The predicted molar refractivity (Wildman–Crippen MR) is 132 cm³/mol. The van der Waals surface area contributed by atoms with Crippen LogP contribution < -0.4 is 21.7 Å². The first kappa shape index (κ1) is 27.5. The first-order valence-corrected chi connectivity index (χ1v) is 11.6. The number of aliphatic carboxylic acids is 1. The molecular formula is C26H34N4O5. The highest BCUT2D eigenvalue weighted by Crippen LogP contribution is 2.09. The van der Waals surface area contributed by atoms with Gasteiger partial charge in [-0.3, -0.25) is 14.4 Å². The second-order valence-electron chi connectivity index (χ2n) is 8.79. The third-order valence-electron chi connectivity index (χ3n) is 5.36. The molecule has 0 aliphatic rings. The van der Waals surface area contributed by atoms with E-state index in [0.717, 1.165) is 11.1 Å². The van der Waals surface area contributed by atoms with Gasteiger partial charge in [0.05, 0.1) is 6.54 Å². The van der Waals surface area contributed by atoms with Gasteiger partial charge in [0.15, 0.2) is 0 Å². The zero-order valence-electron chi connectivity index (χ0n) is 20.1. The molecule has 0 aromatic heterocycles. The third-order valence-corrected chi connectivity index (χ3v) is 5.36. The van der Waals surface area contributed by atoms with Crippen molar-refractivity contribution in [3.8, 4) is 0 Å². The number of carboxylic acid groups (broad SMARTS) is 1. The summed E-state index contributed by atoms with van der Waals surface area (Å²) in [5.41, 5.74) is 6.93. The van der Waals surface area contributed by atoms with Crippen LogP contribution in [0.3, 0.4) is 0 Å². The minimum absolute atomic E-state index is 0.0903. The van der Waals surface area contributed by atoms with Crippen LogP contribution in [0.5, 0.6) is 0 Å². The van der Waals surface area contributed by atoms with E-state index in [4.69, 9.17) is 5.73 Å². The maximum absolute atomic E-state index is 13.2. The van der Waals surface area contributed by atoms with Gasteiger partial charge in [0.2, 0.25) is 17.7 Å². The van der Waals surface area contributed by atoms with Crippen molar-refractivity contribution in [3.05, 3.63) is 71.8 Å². The van der Waals surface area contributed by atoms with Gasteiger partial charge in [-0.15, -0.1) is 0 Å². The van der Waals surface area contributed by atoms with Gasteiger partial charge in [0, 0.05) is 12.8 Å². The van der Waals surface area contributed by atoms with E-state index in [0.29, 0.717) is 6.42 Å². The SMILES string of the molecule is CC(C)C[C@H](NC(=O)CN)C(=O)N[C@@H](Cc1ccccc1)C(=O)N[C@@H](Cc1ccccc1)C(=O)O. The zero-order valence-corrected chi connectivity index (χ0v) is 20.1. The molecule has 0 saturated carbocycles. The lowest BCUT2D eigenvalue weighted by atomic mass is 10.0. The number of hydrogen-bond acceptors (Lipinski definition) is 5. The molecule has 0 fully saturated rings. The van der Waals surface area contributed by atoms with Crippen LogP contribution in [-0.2, 0) is 32.0 Å². The Morgan fingerprint density at radius 3 is 1.66 bits per heavy atom. The maximum atomic E-state index is 13.2. The highest BCUT2D eigenvalue weighted by molar-refractivity contribution is 5.93. The van der Waals surface area contributed by atoms with E-state index in [1.54, 1.807) is 24.3 Å². The Labute approximate surface area is 205 Å². The summed E-state index contributed by atoms with van der Waals surface area (Å²) in [4.78, 5) is 50.0. The second-order valence-corrected chi connectivity index (χ2v) is 8.79. The van der Waals surface area contributed by atoms with Crippen molar-refractivity contribution >= 4 is 23.7 Å². The van der Waals surface area contributed by atoms with Crippen molar-refractivity contribution < 1.29 is 24.3 Å². The number of benzene rings is 2. The average Bonchev–Trinajstić information content (AvgIpc) is 2.83. The number of rotatable bonds is 13. The van der Waals surface area contributed by atoms with E-state index in [9.17, 15) is 24.3 Å². The molecule has 0 spiro atoms. The summed E-state index contributed by atoms with van der Waals surface area (Å²) in [6.07, 6.45) is 0.592. The highest BCUT2D eigenvalue weighted by Gasteiger charge is 2.30. The molecule has 0 aliphatic carbocycles. The smallest absolute Gasteiger partial charge is 0.326 e. The number of amides is 3. The zero-order chi connectivity index (χ0) is 25.8. The summed E-state index contributed by atoms with van der Waals surface area (Å²) in [6, 6.07) is 14.9. The molecule has 0 heterocycles. The third kappa shape index (κ3) is 9.58. The fraction of sp³-hybridized carbons (Fsp3) is 0.385. The summed E-state index contributed by atoms with van der Waals surface area (Å²) < 4.78 is 0. The molecule has 3 atom stereocenters. The van der Waals surface area contributed by atoms with Gasteiger partial charge in [-0.25, -0.2) is 4.79 Å². The summed E-state index contributed by atoms with van der Waals surface area (Å²) in [6.45, 7) is 3.55. The van der Waals surface area contributed by atoms with Crippen LogP contribution in [0.1, 0.15) is 31.4 Å². The van der Waals surface area contributed by atoms with E-state index in [2.05, 4.69) is 16.0 Å². The Hall–Kier alpha value is -3.72. The number of carbonyl (C=O) groups is 4. The van der Waals surface area contributed by atoms with Gasteiger partial charge in [0.1, 0.15) is 18.1 Å². The number of hydrogen-bond donors (Lipinski definition) is 5. The molecule has 2 rings (SSSR count). The summed E-state index contributed by atoms with van der Waals surface area (Å²) in [7, 11) is 0. The molecule has 0 bridgehead atoms. The molecule has 0 radical (unpaired) electrons. The molecule has 0 saturated heterocycles. The van der Waals surface area contributed by atoms with E-state index in [1.165, 1.54) is 0 Å². The fourth-order valence-corrected chi connectivity index (χ4v) is 3.61. The van der Waals surface area contributed by atoms with Crippen molar-refractivity contribution in [2.24, 2.45) is 11.7 Å². The minimum Gasteiger partial charge on any atom is -0.480 e. The summed E-state index contributed by atoms with van der Waals surface area (Å²) in [5.74, 6) is -2.73. The fourth-order valence-electron chi connectivity index (χ4n) is 3.61. The Balaban J connectivity index is 2.22. The predicted octanol–water partition coefficient (Wildman–Crippen LogP) is 1.02. The summed E-state index contributed by atoms with van der Waals surface area (Å²) in [5, 5.41) is 17.6. The van der Waals surface area contributed by atoms with Gasteiger partial charge >= 0.3 is 5.97 Å². The van der Waals surface area contributed by atoms with Gasteiger partial charge in [-0.1, -0.05) is 74.5 Å². The Bertz CT molecular complexity index is 982. The first-order chi connectivity index (χ1) is 16.7. The minimum atomic E-state index is -1.18. The van der Waals surface area contributed by atoms with Crippen LogP contribution in [0.2, 0.25) is 0 Å². The lowest BCUT2D eigenvalue weighted by Crippen LogP contribution is -2.57. The van der Waals surface area contributed by atoms with E-state index >= 15 is 0 Å². The van der Waals surface area contributed by atoms with Crippen molar-refractivity contribution in [2.75, 3.05) is 6.54 Å². The molecule has 6 N–H and O–H groups in total. The molecule has 9 nitrogen and oxygen atoms in total. The normalized spacial score (nSPS) is 13.4. The first-order valence-electron chi connectivity index (χ1n) is 11.6. The summed E-state index contributed by atoms with van der Waals surface area (Å²) >= 11 is 0. The lowest BCUT2D eigenvalue weighted by molar-refractivity contribution is -0.142. The molecule has 3 amide bonds. The van der Waals surface area contributed by atoms with E-state index in [-0.39, 0.29) is 25.3 Å². The molecule has 0 aliphatic heterocycles. The van der Waals surface area contributed by atoms with Crippen molar-refractivity contribution in [2.45, 2.75) is 51.2 Å². The van der Waals surface area contributed by atoms with Gasteiger partial charge in [-0.2, -0.15) is 0 Å². The number of nitrogens with two attached hydrogens (primary N) is 1. The Morgan fingerprint density at radius 1 is 0.743 bits per heavy atom. The van der Waals surface area contributed by atoms with Crippen molar-refractivity contribution in [1.29, 1.82) is 0 Å². The molecule has 2 aromatic carbocycles. The molecule has 0 unspecified atom stereocenters. The van der Waals surface area contributed by atoms with Crippen molar-refractivity contribution in [1.82, 2.24) is 16.0 Å². The molecular weight excluding hydrogens is 448 g/mol.